The number of fused-ring (bicyclic) bond motifs is 2. The van der Waals surface area contributed by atoms with Crippen LogP contribution >= 0.6 is 0 Å². The zero-order valence-electron chi connectivity index (χ0n) is 17.4. The minimum atomic E-state index is -5.00. The Morgan fingerprint density at radius 1 is 1.25 bits per heavy atom. The van der Waals surface area contributed by atoms with Crippen LogP contribution in [0.1, 0.15) is 29.2 Å². The van der Waals surface area contributed by atoms with Crippen molar-refractivity contribution in [1.82, 2.24) is 4.90 Å². The maximum Gasteiger partial charge on any atom is 0.573 e. The highest BCUT2D eigenvalue weighted by Crippen LogP contribution is 2.50. The third kappa shape index (κ3) is 4.45. The van der Waals surface area contributed by atoms with Gasteiger partial charge in [0.15, 0.2) is 11.5 Å². The van der Waals surface area contributed by atoms with E-state index in [0.29, 0.717) is 36.3 Å². The zero-order chi connectivity index (χ0) is 23.0. The summed E-state index contributed by atoms with van der Waals surface area (Å²) < 4.78 is 72.1. The Balaban J connectivity index is 1.60. The first-order chi connectivity index (χ1) is 15.2. The summed E-state index contributed by atoms with van der Waals surface area (Å²) in [4.78, 5) is 14.9. The third-order valence-electron chi connectivity index (χ3n) is 5.61. The molecular weight excluding hydrogens is 434 g/mol. The van der Waals surface area contributed by atoms with Crippen molar-refractivity contribution >= 4 is 5.78 Å². The van der Waals surface area contributed by atoms with Crippen LogP contribution in [-0.4, -0.2) is 44.5 Å². The van der Waals surface area contributed by atoms with Crippen molar-refractivity contribution in [3.63, 3.8) is 0 Å². The van der Waals surface area contributed by atoms with Crippen LogP contribution in [0.2, 0.25) is 0 Å². The monoisotopic (exact) mass is 455 g/mol. The number of ketones is 1. The van der Waals surface area contributed by atoms with Gasteiger partial charge in [0, 0.05) is 42.6 Å². The molecule has 0 spiro atoms. The highest BCUT2D eigenvalue weighted by Gasteiger charge is 2.36. The summed E-state index contributed by atoms with van der Waals surface area (Å²) in [6.07, 6.45) is -4.60. The summed E-state index contributed by atoms with van der Waals surface area (Å²) in [7, 11) is 3.37. The van der Waals surface area contributed by atoms with Gasteiger partial charge >= 0.3 is 6.36 Å². The topological polar surface area (TPSA) is 57.2 Å². The van der Waals surface area contributed by atoms with Gasteiger partial charge in [-0.2, -0.15) is 0 Å². The van der Waals surface area contributed by atoms with Crippen molar-refractivity contribution in [3.8, 4) is 23.0 Å². The summed E-state index contributed by atoms with van der Waals surface area (Å²) in [5.41, 5.74) is 1.72. The predicted molar refractivity (Wildman–Crippen MR) is 105 cm³/mol. The number of alkyl halides is 3. The van der Waals surface area contributed by atoms with E-state index >= 15 is 0 Å². The molecule has 0 radical (unpaired) electrons. The largest absolute Gasteiger partial charge is 0.573 e. The number of methoxy groups -OCH3 is 1. The second kappa shape index (κ2) is 8.50. The van der Waals surface area contributed by atoms with Gasteiger partial charge < -0.3 is 18.9 Å². The fraction of sp³-hybridized carbons (Fsp3) is 0.409. The van der Waals surface area contributed by atoms with Gasteiger partial charge in [-0.1, -0.05) is 6.07 Å². The van der Waals surface area contributed by atoms with Gasteiger partial charge in [0.1, 0.15) is 17.3 Å². The smallest absolute Gasteiger partial charge is 0.492 e. The first-order valence-corrected chi connectivity index (χ1v) is 9.91. The molecular formula is C22H21F4NO5. The third-order valence-corrected chi connectivity index (χ3v) is 5.61. The Kier molecular flexibility index (Phi) is 5.89. The van der Waals surface area contributed by atoms with E-state index < -0.39 is 17.9 Å². The normalized spacial score (nSPS) is 17.8. The molecule has 4 rings (SSSR count). The second-order valence-electron chi connectivity index (χ2n) is 7.68. The number of halogens is 4. The summed E-state index contributed by atoms with van der Waals surface area (Å²) in [6.45, 7) is 0.743. The summed E-state index contributed by atoms with van der Waals surface area (Å²) in [5, 5.41) is 0. The maximum absolute atomic E-state index is 13.5. The molecule has 0 aromatic heterocycles. The average Bonchev–Trinajstić information content (AvgIpc) is 3.17. The van der Waals surface area contributed by atoms with E-state index in [9.17, 15) is 22.4 Å². The van der Waals surface area contributed by atoms with Crippen LogP contribution in [0.5, 0.6) is 23.0 Å². The number of rotatable bonds is 6. The van der Waals surface area contributed by atoms with Gasteiger partial charge in [-0.25, -0.2) is 4.39 Å². The van der Waals surface area contributed by atoms with E-state index in [4.69, 9.17) is 14.2 Å². The summed E-state index contributed by atoms with van der Waals surface area (Å²) in [6, 6.07) is 4.26. The maximum atomic E-state index is 13.5. The molecule has 32 heavy (non-hydrogen) atoms. The molecule has 0 saturated heterocycles. The highest BCUT2D eigenvalue weighted by molar-refractivity contribution is 5.82. The first kappa shape index (κ1) is 22.2. The van der Waals surface area contributed by atoms with E-state index in [1.165, 1.54) is 7.11 Å². The van der Waals surface area contributed by atoms with E-state index in [-0.39, 0.29) is 37.0 Å². The molecule has 6 nitrogen and oxygen atoms in total. The molecule has 10 heteroatoms. The van der Waals surface area contributed by atoms with Crippen LogP contribution in [0.25, 0.3) is 0 Å². The van der Waals surface area contributed by atoms with Gasteiger partial charge in [0.05, 0.1) is 7.11 Å². The molecule has 0 aliphatic carbocycles. The van der Waals surface area contributed by atoms with E-state index in [2.05, 4.69) is 4.74 Å². The van der Waals surface area contributed by atoms with Crippen LogP contribution < -0.4 is 18.9 Å². The molecule has 2 heterocycles. The Hall–Kier alpha value is -3.01. The Bertz CT molecular complexity index is 1040. The molecule has 0 fully saturated rings. The van der Waals surface area contributed by atoms with Crippen molar-refractivity contribution in [2.24, 2.45) is 0 Å². The molecule has 0 saturated carbocycles. The molecule has 2 aromatic rings. The van der Waals surface area contributed by atoms with Gasteiger partial charge in [-0.05, 0) is 31.2 Å². The average molecular weight is 455 g/mol. The van der Waals surface area contributed by atoms with Gasteiger partial charge in [0.2, 0.25) is 12.5 Å². The van der Waals surface area contributed by atoms with Crippen LogP contribution in [0.15, 0.2) is 24.3 Å². The van der Waals surface area contributed by atoms with E-state index in [1.807, 2.05) is 18.0 Å². The number of likely N-dealkylation sites (N-methyl/N-ethyl adjacent to an activating group) is 1. The quantitative estimate of drug-likeness (QED) is 0.609. The number of Topliss-reactive ketones (excluding diaryl/α,β-unsaturated/α-hetero) is 1. The predicted octanol–water partition coefficient (Wildman–Crippen LogP) is 4.19. The molecule has 2 aliphatic heterocycles. The van der Waals surface area contributed by atoms with Gasteiger partial charge in [-0.3, -0.25) is 9.69 Å². The fourth-order valence-corrected chi connectivity index (χ4v) is 4.18. The minimum absolute atomic E-state index is 0.0162. The van der Waals surface area contributed by atoms with Gasteiger partial charge in [0.25, 0.3) is 0 Å². The molecule has 1 unspecified atom stereocenters. The van der Waals surface area contributed by atoms with Crippen molar-refractivity contribution in [1.29, 1.82) is 0 Å². The lowest BCUT2D eigenvalue weighted by atomic mass is 9.87. The molecule has 0 amide bonds. The molecule has 172 valence electrons. The number of nitrogens with zero attached hydrogens (tertiary/aromatic N) is 1. The molecule has 0 bridgehead atoms. The van der Waals surface area contributed by atoms with Crippen molar-refractivity contribution in [2.45, 2.75) is 31.7 Å². The lowest BCUT2D eigenvalue weighted by Crippen LogP contribution is -2.34. The number of hydrogen-bond acceptors (Lipinski definition) is 6. The number of hydrogen-bond donors (Lipinski definition) is 0. The first-order valence-electron chi connectivity index (χ1n) is 9.91. The van der Waals surface area contributed by atoms with Crippen LogP contribution in [0.4, 0.5) is 17.6 Å². The number of carbonyl (C=O) groups is 1. The van der Waals surface area contributed by atoms with Crippen LogP contribution in [0.3, 0.4) is 0 Å². The Morgan fingerprint density at radius 2 is 2.03 bits per heavy atom. The van der Waals surface area contributed by atoms with E-state index in [1.54, 1.807) is 0 Å². The van der Waals surface area contributed by atoms with Crippen molar-refractivity contribution in [2.75, 3.05) is 27.5 Å². The molecule has 0 N–H and O–H groups in total. The summed E-state index contributed by atoms with van der Waals surface area (Å²) in [5.74, 6) is -0.393. The van der Waals surface area contributed by atoms with Gasteiger partial charge in [-0.15, -0.1) is 13.2 Å². The number of benzene rings is 2. The molecule has 2 aliphatic rings. The molecule has 1 atom stereocenters. The van der Waals surface area contributed by atoms with Crippen LogP contribution in [-0.2, 0) is 17.6 Å². The fourth-order valence-electron chi connectivity index (χ4n) is 4.18. The number of ether oxygens (including phenoxy) is 4. The summed E-state index contributed by atoms with van der Waals surface area (Å²) >= 11 is 0. The highest BCUT2D eigenvalue weighted by atomic mass is 19.4. The Labute approximate surface area is 181 Å². The van der Waals surface area contributed by atoms with Crippen molar-refractivity contribution < 1.29 is 41.3 Å². The SMILES string of the molecule is COc1c2c(cc3c1C(CC(=O)Cc1ccc(F)cc1OC(F)(F)F)N(C)CC3)OCO2. The standard InChI is InChI=1S/C22H21F4NO5/c1-27-6-5-13-8-18-20(31-11-30-18)21(29-2)19(13)16(27)10-15(28)7-12-3-4-14(23)9-17(12)32-22(24,25)26/h3-4,8-9,16H,5-7,10-11H2,1-2H3. The number of carbonyl (C=O) groups excluding carboxylic acids is 1. The minimum Gasteiger partial charge on any atom is -0.492 e. The molecule has 2 aromatic carbocycles. The lowest BCUT2D eigenvalue weighted by molar-refractivity contribution is -0.275. The lowest BCUT2D eigenvalue weighted by Gasteiger charge is -2.35. The van der Waals surface area contributed by atoms with E-state index in [0.717, 1.165) is 23.3 Å². The second-order valence-corrected chi connectivity index (χ2v) is 7.68. The van der Waals surface area contributed by atoms with Crippen LogP contribution in [0, 0.1) is 5.82 Å². The Morgan fingerprint density at radius 3 is 2.75 bits per heavy atom. The zero-order valence-corrected chi connectivity index (χ0v) is 17.4. The van der Waals surface area contributed by atoms with Crippen molar-refractivity contribution in [3.05, 3.63) is 46.8 Å².